The van der Waals surface area contributed by atoms with E-state index in [1.165, 1.54) is 26.2 Å². The third-order valence-corrected chi connectivity index (χ3v) is 6.29. The highest BCUT2D eigenvalue weighted by atomic mass is 16.5. The van der Waals surface area contributed by atoms with Crippen LogP contribution in [0.2, 0.25) is 0 Å². The number of amides is 1. The van der Waals surface area contributed by atoms with Crippen molar-refractivity contribution in [2.45, 2.75) is 39.0 Å². The molecule has 0 radical (unpaired) electrons. The van der Waals surface area contributed by atoms with Gasteiger partial charge in [0.2, 0.25) is 5.91 Å². The van der Waals surface area contributed by atoms with E-state index in [4.69, 9.17) is 20.6 Å². The smallest absolute Gasteiger partial charge is 0.222 e. The minimum absolute atomic E-state index is 0.104. The van der Waals surface area contributed by atoms with E-state index in [0.717, 1.165) is 62.1 Å². The summed E-state index contributed by atoms with van der Waals surface area (Å²) in [6.07, 6.45) is 5.73. The Morgan fingerprint density at radius 3 is 2.09 bits per heavy atom. The van der Waals surface area contributed by atoms with Gasteiger partial charge in [-0.25, -0.2) is 0 Å². The lowest BCUT2D eigenvalue weighted by Crippen LogP contribution is -2.35. The molecule has 0 bridgehead atoms. The van der Waals surface area contributed by atoms with Crippen molar-refractivity contribution in [2.75, 3.05) is 32.8 Å². The van der Waals surface area contributed by atoms with Crippen LogP contribution in [0.25, 0.3) is 5.70 Å². The number of piperidine rings is 1. The maximum Gasteiger partial charge on any atom is 0.222 e. The molecule has 7 nitrogen and oxygen atoms in total. The maximum atomic E-state index is 11.1. The monoisotopic (exact) mass is 478 g/mol. The topological polar surface area (TPSA) is 101 Å². The van der Waals surface area contributed by atoms with E-state index in [2.05, 4.69) is 16.8 Å². The number of nitrogens with two attached hydrogens (primary N) is 1. The van der Waals surface area contributed by atoms with Crippen LogP contribution in [-0.4, -0.2) is 49.5 Å². The van der Waals surface area contributed by atoms with Crippen LogP contribution >= 0.6 is 0 Å². The zero-order chi connectivity index (χ0) is 25.0. The molecule has 0 unspecified atom stereocenters. The minimum Gasteiger partial charge on any atom is -0.494 e. The van der Waals surface area contributed by atoms with Gasteiger partial charge in [-0.05, 0) is 105 Å². The second-order valence-corrected chi connectivity index (χ2v) is 9.11. The van der Waals surface area contributed by atoms with Crippen molar-refractivity contribution in [3.8, 4) is 11.5 Å². The van der Waals surface area contributed by atoms with Gasteiger partial charge in [0.05, 0.1) is 13.2 Å². The highest BCUT2D eigenvalue weighted by Gasteiger charge is 2.18. The minimum atomic E-state index is -0.243. The summed E-state index contributed by atoms with van der Waals surface area (Å²) in [6.45, 7) is 9.93. The summed E-state index contributed by atoms with van der Waals surface area (Å²) in [4.78, 5) is 13.6. The van der Waals surface area contributed by atoms with Gasteiger partial charge in [0.1, 0.15) is 17.3 Å². The molecule has 1 fully saturated rings. The Balaban J connectivity index is 1.23. The number of carbonyl (C=O) groups is 1. The number of likely N-dealkylation sites (tertiary alicyclic amines) is 1. The van der Waals surface area contributed by atoms with Gasteiger partial charge in [-0.3, -0.25) is 10.2 Å². The van der Waals surface area contributed by atoms with Crippen molar-refractivity contribution in [2.24, 2.45) is 11.7 Å². The van der Waals surface area contributed by atoms with Crippen LogP contribution in [0.5, 0.6) is 11.5 Å². The fourth-order valence-electron chi connectivity index (χ4n) is 4.27. The van der Waals surface area contributed by atoms with Gasteiger partial charge in [0.25, 0.3) is 0 Å². The summed E-state index contributed by atoms with van der Waals surface area (Å²) in [5.74, 6) is 2.29. The normalized spacial score (nSPS) is 14.3. The molecule has 1 aliphatic heterocycles. The van der Waals surface area contributed by atoms with Crippen molar-refractivity contribution >= 4 is 17.4 Å². The molecule has 0 atom stereocenters. The van der Waals surface area contributed by atoms with E-state index in [-0.39, 0.29) is 11.7 Å². The molecule has 4 N–H and O–H groups in total. The van der Waals surface area contributed by atoms with Crippen LogP contribution in [0.15, 0.2) is 55.1 Å². The fourth-order valence-corrected chi connectivity index (χ4v) is 4.27. The van der Waals surface area contributed by atoms with Crippen LogP contribution < -0.4 is 20.5 Å². The van der Waals surface area contributed by atoms with E-state index in [0.29, 0.717) is 17.9 Å². The Bertz CT molecular complexity index is 965. The first-order valence-corrected chi connectivity index (χ1v) is 12.4. The molecule has 1 saturated heterocycles. The average Bonchev–Trinajstić information content (AvgIpc) is 2.85. The van der Waals surface area contributed by atoms with E-state index in [1.807, 2.05) is 36.4 Å². The third-order valence-electron chi connectivity index (χ3n) is 6.29. The van der Waals surface area contributed by atoms with Crippen molar-refractivity contribution in [3.05, 3.63) is 66.2 Å². The van der Waals surface area contributed by atoms with E-state index >= 15 is 0 Å². The first-order valence-electron chi connectivity index (χ1n) is 12.4. The third kappa shape index (κ3) is 9.09. The number of benzene rings is 2. The number of carbonyl (C=O) groups excluding carboxylic acids is 1. The predicted octanol–water partition coefficient (Wildman–Crippen LogP) is 4.42. The molecule has 2 aromatic rings. The molecule has 1 amide bonds. The molecule has 0 saturated carbocycles. The Kier molecular flexibility index (Phi) is 10.2. The van der Waals surface area contributed by atoms with Gasteiger partial charge in [0, 0.05) is 24.7 Å². The molecule has 1 heterocycles. The van der Waals surface area contributed by atoms with Crippen molar-refractivity contribution < 1.29 is 14.3 Å². The number of amidine groups is 1. The quantitative estimate of drug-likeness (QED) is 0.238. The number of nitrogens with one attached hydrogen (secondary N) is 2. The lowest BCUT2D eigenvalue weighted by atomic mass is 9.92. The second kappa shape index (κ2) is 13.5. The highest BCUT2D eigenvalue weighted by Crippen LogP contribution is 2.23. The summed E-state index contributed by atoms with van der Waals surface area (Å²) < 4.78 is 11.7. The SMILES string of the molecule is C=C(N)c1ccc(OCCCN2CCC(CCCOc3ccc(C(=N)NC(C)=O)cc3)CC2)cc1. The Labute approximate surface area is 208 Å². The Morgan fingerprint density at radius 2 is 1.54 bits per heavy atom. The van der Waals surface area contributed by atoms with Gasteiger partial charge in [-0.2, -0.15) is 0 Å². The van der Waals surface area contributed by atoms with Gasteiger partial charge in [-0.15, -0.1) is 0 Å². The molecule has 0 aromatic heterocycles. The lowest BCUT2D eigenvalue weighted by Gasteiger charge is -2.32. The van der Waals surface area contributed by atoms with Crippen LogP contribution in [0, 0.1) is 11.3 Å². The number of hydrogen-bond acceptors (Lipinski definition) is 6. The van der Waals surface area contributed by atoms with Gasteiger partial charge in [0.15, 0.2) is 0 Å². The van der Waals surface area contributed by atoms with Gasteiger partial charge < -0.3 is 25.4 Å². The fraction of sp³-hybridized carbons (Fsp3) is 0.429. The summed E-state index contributed by atoms with van der Waals surface area (Å²) in [7, 11) is 0. The van der Waals surface area contributed by atoms with E-state index < -0.39 is 0 Å². The van der Waals surface area contributed by atoms with Crippen LogP contribution in [-0.2, 0) is 4.79 Å². The molecular weight excluding hydrogens is 440 g/mol. The van der Waals surface area contributed by atoms with Gasteiger partial charge >= 0.3 is 0 Å². The Hall–Kier alpha value is -3.32. The highest BCUT2D eigenvalue weighted by molar-refractivity contribution is 6.05. The molecule has 188 valence electrons. The molecule has 2 aromatic carbocycles. The first-order chi connectivity index (χ1) is 16.9. The predicted molar refractivity (Wildman–Crippen MR) is 141 cm³/mol. The summed E-state index contributed by atoms with van der Waals surface area (Å²) in [5, 5.41) is 10.3. The number of rotatable bonds is 12. The van der Waals surface area contributed by atoms with Gasteiger partial charge in [-0.1, -0.05) is 6.58 Å². The number of hydrogen-bond donors (Lipinski definition) is 3. The summed E-state index contributed by atoms with van der Waals surface area (Å²) in [5.41, 5.74) is 7.87. The summed E-state index contributed by atoms with van der Waals surface area (Å²) in [6, 6.07) is 15.0. The zero-order valence-electron chi connectivity index (χ0n) is 20.7. The van der Waals surface area contributed by atoms with Crippen molar-refractivity contribution in [1.82, 2.24) is 10.2 Å². The standard InChI is InChI=1S/C28H38N4O3/c1-21(29)24-6-10-26(11-7-24)35-20-4-16-32-17-14-23(15-18-32)5-3-19-34-27-12-8-25(9-13-27)28(30)31-22(2)33/h6-13,23H,1,3-5,14-20,29H2,2H3,(H2,30,31,33). The van der Waals surface area contributed by atoms with Crippen LogP contribution in [0.1, 0.15) is 50.2 Å². The molecule has 35 heavy (non-hydrogen) atoms. The molecule has 7 heteroatoms. The number of nitrogens with zero attached hydrogens (tertiary/aromatic N) is 1. The molecule has 3 rings (SSSR count). The average molecular weight is 479 g/mol. The maximum absolute atomic E-state index is 11.1. The Morgan fingerprint density at radius 1 is 1.00 bits per heavy atom. The van der Waals surface area contributed by atoms with E-state index in [1.54, 1.807) is 12.1 Å². The van der Waals surface area contributed by atoms with Crippen molar-refractivity contribution in [1.29, 1.82) is 5.41 Å². The molecular formula is C28H38N4O3. The lowest BCUT2D eigenvalue weighted by molar-refractivity contribution is -0.117. The van der Waals surface area contributed by atoms with Crippen LogP contribution in [0.4, 0.5) is 0 Å². The largest absolute Gasteiger partial charge is 0.494 e. The summed E-state index contributed by atoms with van der Waals surface area (Å²) >= 11 is 0. The second-order valence-electron chi connectivity index (χ2n) is 9.11. The van der Waals surface area contributed by atoms with Crippen molar-refractivity contribution in [3.63, 3.8) is 0 Å². The van der Waals surface area contributed by atoms with E-state index in [9.17, 15) is 4.79 Å². The molecule has 0 spiro atoms. The van der Waals surface area contributed by atoms with Crippen LogP contribution in [0.3, 0.4) is 0 Å². The first kappa shape index (κ1) is 26.3. The number of ether oxygens (including phenoxy) is 2. The molecule has 1 aliphatic rings. The molecule has 0 aliphatic carbocycles. The zero-order valence-corrected chi connectivity index (χ0v) is 20.7.